The van der Waals surface area contributed by atoms with E-state index < -0.39 is 6.16 Å². The van der Waals surface area contributed by atoms with Crippen LogP contribution in [-0.4, -0.2) is 19.4 Å². The molecule has 0 rings (SSSR count). The molecule has 0 unspecified atom stereocenters. The van der Waals surface area contributed by atoms with Gasteiger partial charge < -0.3 is 21.9 Å². The minimum absolute atomic E-state index is 0. The van der Waals surface area contributed by atoms with Crippen LogP contribution in [0.1, 0.15) is 41.0 Å². The third kappa shape index (κ3) is 14.1. The van der Waals surface area contributed by atoms with Crippen LogP contribution in [0.25, 0.3) is 0 Å². The molecule has 0 spiro atoms. The van der Waals surface area contributed by atoms with Gasteiger partial charge in [0.25, 0.3) is 0 Å². The minimum atomic E-state index is -0.544. The molecule has 0 aromatic rings. The Kier molecular flexibility index (Phi) is 17.2. The lowest BCUT2D eigenvalue weighted by atomic mass is 10.2. The lowest BCUT2D eigenvalue weighted by Crippen LogP contribution is -3.00. The van der Waals surface area contributed by atoms with E-state index in [-0.39, 0.29) is 19.8 Å². The molecule has 0 aliphatic carbocycles. The molecule has 88 valence electrons. The molecule has 0 aromatic carbocycles. The van der Waals surface area contributed by atoms with Crippen LogP contribution in [0.2, 0.25) is 0 Å². The monoisotopic (exact) mass is 225 g/mol. The van der Waals surface area contributed by atoms with Gasteiger partial charge in [-0.2, -0.15) is 0 Å². The molecular weight excluding hydrogens is 204 g/mol. The summed E-state index contributed by atoms with van der Waals surface area (Å²) in [4.78, 5) is 10.8. The standard InChI is InChI=1S/C9H18O3.CH4.ClH/c1-4-5-6-11-9(10)12-7-8(2)3;;/h8H,4-7H2,1-3H3;1H4;1H/p-1. The van der Waals surface area contributed by atoms with Crippen molar-refractivity contribution in [2.24, 2.45) is 5.92 Å². The molecule has 0 amide bonds. The molecule has 0 saturated heterocycles. The molecule has 14 heavy (non-hydrogen) atoms. The summed E-state index contributed by atoms with van der Waals surface area (Å²) in [6.45, 7) is 6.92. The van der Waals surface area contributed by atoms with E-state index in [1.54, 1.807) is 0 Å². The molecule has 0 N–H and O–H groups in total. The van der Waals surface area contributed by atoms with Gasteiger partial charge in [-0.25, -0.2) is 4.79 Å². The van der Waals surface area contributed by atoms with Crippen LogP contribution in [0.15, 0.2) is 0 Å². The summed E-state index contributed by atoms with van der Waals surface area (Å²) >= 11 is 0. The number of rotatable bonds is 5. The van der Waals surface area contributed by atoms with E-state index in [2.05, 4.69) is 0 Å². The fraction of sp³-hybridized carbons (Fsp3) is 0.900. The van der Waals surface area contributed by atoms with Crippen molar-refractivity contribution < 1.29 is 26.7 Å². The van der Waals surface area contributed by atoms with Gasteiger partial charge in [0.05, 0.1) is 13.2 Å². The van der Waals surface area contributed by atoms with Crippen LogP contribution in [0.3, 0.4) is 0 Å². The molecule has 0 atom stereocenters. The normalized spacial score (nSPS) is 8.57. The van der Waals surface area contributed by atoms with Crippen molar-refractivity contribution in [1.82, 2.24) is 0 Å². The number of halogens is 1. The van der Waals surface area contributed by atoms with Crippen molar-refractivity contribution in [3.8, 4) is 0 Å². The Bertz CT molecular complexity index is 127. The highest BCUT2D eigenvalue weighted by Crippen LogP contribution is 1.96. The summed E-state index contributed by atoms with van der Waals surface area (Å²) in [5, 5.41) is 0. The van der Waals surface area contributed by atoms with Gasteiger partial charge in [0.1, 0.15) is 0 Å². The number of carbonyl (C=O) groups is 1. The van der Waals surface area contributed by atoms with Crippen LogP contribution in [0, 0.1) is 5.92 Å². The van der Waals surface area contributed by atoms with Gasteiger partial charge >= 0.3 is 6.16 Å². The zero-order valence-electron chi connectivity index (χ0n) is 8.51. The topological polar surface area (TPSA) is 35.5 Å². The second-order valence-electron chi connectivity index (χ2n) is 3.16. The van der Waals surface area contributed by atoms with Crippen molar-refractivity contribution in [3.63, 3.8) is 0 Å². The molecular formula is C10H22ClO3-. The predicted molar refractivity (Wildman–Crippen MR) is 53.8 cm³/mol. The number of ether oxygens (including phenoxy) is 2. The fourth-order valence-electron chi connectivity index (χ4n) is 0.576. The molecule has 0 heterocycles. The van der Waals surface area contributed by atoms with E-state index in [1.165, 1.54) is 0 Å². The van der Waals surface area contributed by atoms with Gasteiger partial charge in [-0.05, 0) is 12.3 Å². The zero-order chi connectivity index (χ0) is 9.40. The third-order valence-corrected chi connectivity index (χ3v) is 1.25. The summed E-state index contributed by atoms with van der Waals surface area (Å²) in [5.74, 6) is 0.365. The summed E-state index contributed by atoms with van der Waals surface area (Å²) in [6, 6.07) is 0. The van der Waals surface area contributed by atoms with Crippen molar-refractivity contribution in [1.29, 1.82) is 0 Å². The molecule has 4 heteroatoms. The van der Waals surface area contributed by atoms with E-state index >= 15 is 0 Å². The number of hydrogen-bond acceptors (Lipinski definition) is 3. The minimum Gasteiger partial charge on any atom is -1.00 e. The van der Waals surface area contributed by atoms with Gasteiger partial charge in [-0.3, -0.25) is 0 Å². The molecule has 0 aliphatic heterocycles. The van der Waals surface area contributed by atoms with Crippen molar-refractivity contribution in [2.75, 3.05) is 13.2 Å². The first kappa shape index (κ1) is 19.2. The molecule has 0 bridgehead atoms. The largest absolute Gasteiger partial charge is 1.00 e. The molecule has 0 fully saturated rings. The van der Waals surface area contributed by atoms with Crippen LogP contribution in [-0.2, 0) is 9.47 Å². The zero-order valence-corrected chi connectivity index (χ0v) is 9.26. The molecule has 0 aliphatic rings. The van der Waals surface area contributed by atoms with E-state index in [4.69, 9.17) is 9.47 Å². The maximum Gasteiger partial charge on any atom is 0.508 e. The molecule has 0 saturated carbocycles. The summed E-state index contributed by atoms with van der Waals surface area (Å²) < 4.78 is 9.56. The first-order valence-electron chi connectivity index (χ1n) is 4.46. The maximum absolute atomic E-state index is 10.8. The van der Waals surface area contributed by atoms with E-state index in [1.807, 2.05) is 20.8 Å². The first-order chi connectivity index (χ1) is 5.66. The van der Waals surface area contributed by atoms with Gasteiger partial charge in [-0.15, -0.1) is 0 Å². The number of carbonyl (C=O) groups excluding carboxylic acids is 1. The SMILES string of the molecule is C.CCCCOC(=O)OCC(C)C.[Cl-]. The highest BCUT2D eigenvalue weighted by molar-refractivity contribution is 5.59. The highest BCUT2D eigenvalue weighted by atomic mass is 35.5. The Morgan fingerprint density at radius 3 is 2.29 bits per heavy atom. The van der Waals surface area contributed by atoms with E-state index in [0.29, 0.717) is 19.1 Å². The maximum atomic E-state index is 10.8. The number of unbranched alkanes of at least 4 members (excludes halogenated alkanes) is 1. The van der Waals surface area contributed by atoms with Gasteiger partial charge in [0.15, 0.2) is 0 Å². The quantitative estimate of drug-likeness (QED) is 0.497. The van der Waals surface area contributed by atoms with E-state index in [9.17, 15) is 4.79 Å². The van der Waals surface area contributed by atoms with Crippen molar-refractivity contribution >= 4 is 6.16 Å². The van der Waals surface area contributed by atoms with Crippen LogP contribution >= 0.6 is 0 Å². The van der Waals surface area contributed by atoms with Gasteiger partial charge in [0.2, 0.25) is 0 Å². The molecule has 0 aromatic heterocycles. The Balaban J connectivity index is -0.000000605. The van der Waals surface area contributed by atoms with Crippen molar-refractivity contribution in [2.45, 2.75) is 41.0 Å². The van der Waals surface area contributed by atoms with Crippen LogP contribution in [0.5, 0.6) is 0 Å². The summed E-state index contributed by atoms with van der Waals surface area (Å²) in [5.41, 5.74) is 0. The average Bonchev–Trinajstić information content (AvgIpc) is 2.01. The Morgan fingerprint density at radius 1 is 1.29 bits per heavy atom. The highest BCUT2D eigenvalue weighted by Gasteiger charge is 2.03. The second-order valence-corrected chi connectivity index (χ2v) is 3.16. The van der Waals surface area contributed by atoms with Crippen LogP contribution in [0.4, 0.5) is 4.79 Å². The average molecular weight is 226 g/mol. The van der Waals surface area contributed by atoms with E-state index in [0.717, 1.165) is 12.8 Å². The predicted octanol–water partition coefficient (Wildman–Crippen LogP) is 0.236. The lowest BCUT2D eigenvalue weighted by molar-refractivity contribution is -0.0000211. The second kappa shape index (κ2) is 12.6. The van der Waals surface area contributed by atoms with Crippen LogP contribution < -0.4 is 12.4 Å². The first-order valence-corrected chi connectivity index (χ1v) is 4.46. The van der Waals surface area contributed by atoms with Gasteiger partial charge in [0, 0.05) is 0 Å². The Labute approximate surface area is 93.6 Å². The molecule has 3 nitrogen and oxygen atoms in total. The Hall–Kier alpha value is -0.440. The Morgan fingerprint density at radius 2 is 1.86 bits per heavy atom. The summed E-state index contributed by atoms with van der Waals surface area (Å²) in [7, 11) is 0. The fourth-order valence-corrected chi connectivity index (χ4v) is 0.576. The summed E-state index contributed by atoms with van der Waals surface area (Å²) in [6.07, 6.45) is 1.38. The van der Waals surface area contributed by atoms with Crippen molar-refractivity contribution in [3.05, 3.63) is 0 Å². The molecule has 0 radical (unpaired) electrons. The third-order valence-electron chi connectivity index (χ3n) is 1.25. The lowest BCUT2D eigenvalue weighted by Gasteiger charge is -2.06. The number of hydrogen-bond donors (Lipinski definition) is 0. The van der Waals surface area contributed by atoms with Gasteiger partial charge in [-0.1, -0.05) is 34.6 Å². The smallest absolute Gasteiger partial charge is 0.508 e.